The third-order valence-corrected chi connectivity index (χ3v) is 3.17. The quantitative estimate of drug-likeness (QED) is 0.805. The second-order valence-electron chi connectivity index (χ2n) is 4.66. The highest BCUT2D eigenvalue weighted by Crippen LogP contribution is 2.13. The van der Waals surface area contributed by atoms with Crippen molar-refractivity contribution in [3.63, 3.8) is 0 Å². The first-order valence-electron chi connectivity index (χ1n) is 6.89. The van der Waals surface area contributed by atoms with Gasteiger partial charge in [-0.15, -0.1) is 0 Å². The molecule has 22 heavy (non-hydrogen) atoms. The van der Waals surface area contributed by atoms with E-state index in [-0.39, 0.29) is 11.8 Å². The Hall–Kier alpha value is -2.40. The smallest absolute Gasteiger partial charge is 0.252 e. The molecule has 2 aromatic rings. The average Bonchev–Trinajstić information content (AvgIpc) is 2.54. The van der Waals surface area contributed by atoms with Gasteiger partial charge in [-0.25, -0.2) is 0 Å². The van der Waals surface area contributed by atoms with Gasteiger partial charge in [-0.1, -0.05) is 11.6 Å². The standard InChI is InChI=1S/C16H16ClN3O2/c17-13-5-7-14(8-6-13)20-15(21)4-2-10-19-16(22)12-3-1-9-18-11-12/h1,3,5-9,11H,2,4,10H2,(H,19,22)(H,20,21). The summed E-state index contributed by atoms with van der Waals surface area (Å²) in [7, 11) is 0. The van der Waals surface area contributed by atoms with Crippen LogP contribution in [-0.4, -0.2) is 23.3 Å². The van der Waals surface area contributed by atoms with E-state index in [0.29, 0.717) is 35.7 Å². The van der Waals surface area contributed by atoms with E-state index in [2.05, 4.69) is 15.6 Å². The number of halogens is 1. The molecule has 6 heteroatoms. The van der Waals surface area contributed by atoms with Crippen LogP contribution in [0.2, 0.25) is 5.02 Å². The second kappa shape index (κ2) is 8.14. The van der Waals surface area contributed by atoms with Gasteiger partial charge in [0.15, 0.2) is 0 Å². The lowest BCUT2D eigenvalue weighted by atomic mass is 10.2. The minimum atomic E-state index is -0.189. The summed E-state index contributed by atoms with van der Waals surface area (Å²) in [6.07, 6.45) is 4.00. The van der Waals surface area contributed by atoms with Crippen LogP contribution in [0.1, 0.15) is 23.2 Å². The molecule has 0 atom stereocenters. The SMILES string of the molecule is O=C(CCCNC(=O)c1cccnc1)Nc1ccc(Cl)cc1. The van der Waals surface area contributed by atoms with Crippen LogP contribution in [0.5, 0.6) is 0 Å². The largest absolute Gasteiger partial charge is 0.352 e. The molecule has 114 valence electrons. The topological polar surface area (TPSA) is 71.1 Å². The number of carbonyl (C=O) groups excluding carboxylic acids is 2. The molecule has 1 aromatic heterocycles. The zero-order valence-corrected chi connectivity index (χ0v) is 12.6. The molecule has 0 fully saturated rings. The number of rotatable bonds is 6. The van der Waals surface area contributed by atoms with E-state index >= 15 is 0 Å². The Morgan fingerprint density at radius 3 is 2.59 bits per heavy atom. The third kappa shape index (κ3) is 5.18. The van der Waals surface area contributed by atoms with E-state index in [4.69, 9.17) is 11.6 Å². The zero-order valence-electron chi connectivity index (χ0n) is 11.9. The second-order valence-corrected chi connectivity index (χ2v) is 5.09. The molecule has 0 aliphatic heterocycles. The summed E-state index contributed by atoms with van der Waals surface area (Å²) in [5.41, 5.74) is 1.21. The summed E-state index contributed by atoms with van der Waals surface area (Å²) in [5.74, 6) is -0.288. The summed E-state index contributed by atoms with van der Waals surface area (Å²) in [4.78, 5) is 27.4. The molecule has 2 amide bonds. The molecule has 2 rings (SSSR count). The van der Waals surface area contributed by atoms with Crippen LogP contribution in [0.4, 0.5) is 5.69 Å². The lowest BCUT2D eigenvalue weighted by molar-refractivity contribution is -0.116. The lowest BCUT2D eigenvalue weighted by Crippen LogP contribution is -2.25. The van der Waals surface area contributed by atoms with Gasteiger partial charge in [0.25, 0.3) is 5.91 Å². The third-order valence-electron chi connectivity index (χ3n) is 2.92. The van der Waals surface area contributed by atoms with Gasteiger partial charge in [0, 0.05) is 36.1 Å². The molecule has 5 nitrogen and oxygen atoms in total. The van der Waals surface area contributed by atoms with Crippen LogP contribution in [0.15, 0.2) is 48.8 Å². The normalized spacial score (nSPS) is 10.0. The van der Waals surface area contributed by atoms with Crippen LogP contribution in [-0.2, 0) is 4.79 Å². The predicted octanol–water partition coefficient (Wildman–Crippen LogP) is 2.88. The molecule has 1 aromatic carbocycles. The predicted molar refractivity (Wildman–Crippen MR) is 85.9 cm³/mol. The van der Waals surface area contributed by atoms with Gasteiger partial charge in [-0.3, -0.25) is 14.6 Å². The molecular formula is C16H16ClN3O2. The fourth-order valence-corrected chi connectivity index (χ4v) is 1.93. The van der Waals surface area contributed by atoms with Crippen molar-refractivity contribution in [2.24, 2.45) is 0 Å². The fraction of sp³-hybridized carbons (Fsp3) is 0.188. The maximum atomic E-state index is 11.7. The highest BCUT2D eigenvalue weighted by atomic mass is 35.5. The highest BCUT2D eigenvalue weighted by molar-refractivity contribution is 6.30. The van der Waals surface area contributed by atoms with Gasteiger partial charge in [0.05, 0.1) is 5.56 Å². The number of aromatic nitrogens is 1. The van der Waals surface area contributed by atoms with Gasteiger partial charge < -0.3 is 10.6 Å². The van der Waals surface area contributed by atoms with Crippen molar-refractivity contribution in [2.75, 3.05) is 11.9 Å². The summed E-state index contributed by atoms with van der Waals surface area (Å²) in [5, 5.41) is 6.14. The van der Waals surface area contributed by atoms with Crippen LogP contribution in [0.25, 0.3) is 0 Å². The van der Waals surface area contributed by atoms with Crippen LogP contribution < -0.4 is 10.6 Å². The van der Waals surface area contributed by atoms with E-state index in [0.717, 1.165) is 0 Å². The molecule has 1 heterocycles. The van der Waals surface area contributed by atoms with E-state index in [1.54, 1.807) is 42.6 Å². The minimum absolute atomic E-state index is 0.0991. The number of benzene rings is 1. The molecule has 2 N–H and O–H groups in total. The van der Waals surface area contributed by atoms with Gasteiger partial charge in [-0.2, -0.15) is 0 Å². The van der Waals surface area contributed by atoms with Crippen LogP contribution in [0, 0.1) is 0 Å². The van der Waals surface area contributed by atoms with Crippen molar-refractivity contribution in [3.05, 3.63) is 59.4 Å². The Morgan fingerprint density at radius 1 is 1.14 bits per heavy atom. The number of nitrogens with one attached hydrogen (secondary N) is 2. The zero-order chi connectivity index (χ0) is 15.8. The maximum Gasteiger partial charge on any atom is 0.252 e. The first-order chi connectivity index (χ1) is 10.6. The summed E-state index contributed by atoms with van der Waals surface area (Å²) < 4.78 is 0. The highest BCUT2D eigenvalue weighted by Gasteiger charge is 2.05. The Balaban J connectivity index is 1.67. The molecule has 0 unspecified atom stereocenters. The van der Waals surface area contributed by atoms with E-state index in [1.165, 1.54) is 6.20 Å². The summed E-state index contributed by atoms with van der Waals surface area (Å²) in [6, 6.07) is 10.3. The Labute approximate surface area is 133 Å². The Bertz CT molecular complexity index is 630. The number of nitrogens with zero attached hydrogens (tertiary/aromatic N) is 1. The Kier molecular flexibility index (Phi) is 5.91. The minimum Gasteiger partial charge on any atom is -0.352 e. The Morgan fingerprint density at radius 2 is 1.91 bits per heavy atom. The van der Waals surface area contributed by atoms with Crippen molar-refractivity contribution >= 4 is 29.1 Å². The van der Waals surface area contributed by atoms with Crippen LogP contribution in [0.3, 0.4) is 0 Å². The summed E-state index contributed by atoms with van der Waals surface area (Å²) in [6.45, 7) is 0.432. The van der Waals surface area contributed by atoms with Crippen molar-refractivity contribution in [1.29, 1.82) is 0 Å². The van der Waals surface area contributed by atoms with Gasteiger partial charge >= 0.3 is 0 Å². The molecule has 0 radical (unpaired) electrons. The molecule has 0 bridgehead atoms. The molecular weight excluding hydrogens is 302 g/mol. The number of hydrogen-bond donors (Lipinski definition) is 2. The van der Waals surface area contributed by atoms with Crippen LogP contribution >= 0.6 is 11.6 Å². The first-order valence-corrected chi connectivity index (χ1v) is 7.26. The lowest BCUT2D eigenvalue weighted by Gasteiger charge is -2.06. The molecule has 0 aliphatic rings. The van der Waals surface area contributed by atoms with Crippen molar-refractivity contribution in [1.82, 2.24) is 10.3 Å². The molecule has 0 saturated carbocycles. The summed E-state index contributed by atoms with van der Waals surface area (Å²) >= 11 is 5.77. The van der Waals surface area contributed by atoms with E-state index < -0.39 is 0 Å². The van der Waals surface area contributed by atoms with Crippen molar-refractivity contribution < 1.29 is 9.59 Å². The number of hydrogen-bond acceptors (Lipinski definition) is 3. The van der Waals surface area contributed by atoms with Gasteiger partial charge in [0.1, 0.15) is 0 Å². The fourth-order valence-electron chi connectivity index (χ4n) is 1.81. The first kappa shape index (κ1) is 16.0. The van der Waals surface area contributed by atoms with Gasteiger partial charge in [0.2, 0.25) is 5.91 Å². The van der Waals surface area contributed by atoms with Gasteiger partial charge in [-0.05, 0) is 42.8 Å². The molecule has 0 spiro atoms. The maximum absolute atomic E-state index is 11.7. The monoisotopic (exact) mass is 317 g/mol. The number of anilines is 1. The van der Waals surface area contributed by atoms with Crippen molar-refractivity contribution in [3.8, 4) is 0 Å². The van der Waals surface area contributed by atoms with Crippen molar-refractivity contribution in [2.45, 2.75) is 12.8 Å². The number of amides is 2. The van der Waals surface area contributed by atoms with E-state index in [9.17, 15) is 9.59 Å². The number of carbonyl (C=O) groups is 2. The molecule has 0 aliphatic carbocycles. The average molecular weight is 318 g/mol. The van der Waals surface area contributed by atoms with E-state index in [1.807, 2.05) is 0 Å². The molecule has 0 saturated heterocycles. The number of pyridine rings is 1.